The van der Waals surface area contributed by atoms with E-state index in [0.29, 0.717) is 17.6 Å². The summed E-state index contributed by atoms with van der Waals surface area (Å²) in [5.74, 6) is -0.255. The molecule has 0 aliphatic heterocycles. The van der Waals surface area contributed by atoms with Gasteiger partial charge in [-0.2, -0.15) is 0 Å². The molecule has 0 spiro atoms. The quantitative estimate of drug-likeness (QED) is 0.214. The number of nitrogens with zero attached hydrogens (tertiary/aromatic N) is 1. The molecule has 0 aliphatic rings. The smallest absolute Gasteiger partial charge is 0.344 e. The second-order valence-electron chi connectivity index (χ2n) is 6.64. The Morgan fingerprint density at radius 1 is 1.00 bits per heavy atom. The summed E-state index contributed by atoms with van der Waals surface area (Å²) < 4.78 is 32.7. The van der Waals surface area contributed by atoms with Gasteiger partial charge < -0.3 is 19.9 Å². The Morgan fingerprint density at radius 3 is 2.17 bits per heavy atom. The van der Waals surface area contributed by atoms with E-state index in [4.69, 9.17) is 28.9 Å². The SMILES string of the molecule is CN(C)c1ccc(C(=O)Oc2ccc3ccccc3c2)c(C(=N)N)c1.CS(=O)(=O)[O-]. The van der Waals surface area contributed by atoms with Crippen molar-refractivity contribution in [3.63, 3.8) is 0 Å². The van der Waals surface area contributed by atoms with Crippen LogP contribution < -0.4 is 15.4 Å². The molecule has 30 heavy (non-hydrogen) atoms. The Hall–Kier alpha value is -3.43. The van der Waals surface area contributed by atoms with Gasteiger partial charge in [0.1, 0.15) is 11.6 Å². The van der Waals surface area contributed by atoms with E-state index in [1.54, 1.807) is 24.3 Å². The lowest BCUT2D eigenvalue weighted by Crippen LogP contribution is -2.20. The number of esters is 1. The van der Waals surface area contributed by atoms with Gasteiger partial charge in [-0.25, -0.2) is 13.2 Å². The van der Waals surface area contributed by atoms with Crippen LogP contribution in [0.15, 0.2) is 60.7 Å². The number of fused-ring (bicyclic) bond motifs is 1. The lowest BCUT2D eigenvalue weighted by atomic mass is 10.1. The highest BCUT2D eigenvalue weighted by Gasteiger charge is 2.17. The Morgan fingerprint density at radius 2 is 1.60 bits per heavy atom. The molecule has 8 nitrogen and oxygen atoms in total. The number of carbonyl (C=O) groups excluding carboxylic acids is 1. The molecule has 3 aromatic carbocycles. The van der Waals surface area contributed by atoms with Crippen LogP contribution in [0.3, 0.4) is 0 Å². The minimum absolute atomic E-state index is 0.172. The van der Waals surface area contributed by atoms with Crippen LogP contribution in [0.5, 0.6) is 5.75 Å². The third-order valence-electron chi connectivity index (χ3n) is 3.96. The van der Waals surface area contributed by atoms with E-state index in [0.717, 1.165) is 16.5 Å². The topological polar surface area (TPSA) is 137 Å². The monoisotopic (exact) mass is 428 g/mol. The van der Waals surface area contributed by atoms with Gasteiger partial charge in [0.25, 0.3) is 0 Å². The highest BCUT2D eigenvalue weighted by Crippen LogP contribution is 2.23. The fourth-order valence-electron chi connectivity index (χ4n) is 2.60. The predicted molar refractivity (Wildman–Crippen MR) is 116 cm³/mol. The van der Waals surface area contributed by atoms with Crippen molar-refractivity contribution < 1.29 is 22.5 Å². The van der Waals surface area contributed by atoms with E-state index >= 15 is 0 Å². The van der Waals surface area contributed by atoms with E-state index < -0.39 is 16.1 Å². The van der Waals surface area contributed by atoms with Crippen molar-refractivity contribution in [2.75, 3.05) is 25.3 Å². The largest absolute Gasteiger partial charge is 0.748 e. The van der Waals surface area contributed by atoms with Crippen LogP contribution in [0.1, 0.15) is 15.9 Å². The number of nitrogen functional groups attached to an aromatic ring is 1. The highest BCUT2D eigenvalue weighted by molar-refractivity contribution is 7.84. The molecular formula is C21H22N3O5S-. The molecule has 0 fully saturated rings. The van der Waals surface area contributed by atoms with E-state index in [9.17, 15) is 4.79 Å². The van der Waals surface area contributed by atoms with E-state index in [-0.39, 0.29) is 11.4 Å². The summed E-state index contributed by atoms with van der Waals surface area (Å²) in [7, 11) is -0.154. The normalized spacial score (nSPS) is 10.7. The van der Waals surface area contributed by atoms with Gasteiger partial charge in [-0.15, -0.1) is 0 Å². The van der Waals surface area contributed by atoms with Crippen LogP contribution in [-0.4, -0.2) is 45.1 Å². The molecule has 3 aromatic rings. The number of amidine groups is 1. The number of hydrogen-bond acceptors (Lipinski definition) is 7. The molecular weight excluding hydrogens is 406 g/mol. The van der Waals surface area contributed by atoms with Gasteiger partial charge in [0, 0.05) is 31.6 Å². The second kappa shape index (κ2) is 9.38. The number of hydrogen-bond donors (Lipinski definition) is 2. The fraction of sp³-hybridized carbons (Fsp3) is 0.143. The van der Waals surface area contributed by atoms with Gasteiger partial charge in [-0.1, -0.05) is 30.3 Å². The lowest BCUT2D eigenvalue weighted by molar-refractivity contribution is 0.0734. The average Bonchev–Trinajstić information content (AvgIpc) is 2.66. The summed E-state index contributed by atoms with van der Waals surface area (Å²) >= 11 is 0. The second-order valence-corrected chi connectivity index (χ2v) is 8.05. The molecule has 0 aromatic heterocycles. The Kier molecular flexibility index (Phi) is 7.14. The highest BCUT2D eigenvalue weighted by atomic mass is 32.2. The maximum absolute atomic E-state index is 12.6. The van der Waals surface area contributed by atoms with E-state index in [1.165, 1.54) is 0 Å². The van der Waals surface area contributed by atoms with Gasteiger partial charge >= 0.3 is 5.97 Å². The van der Waals surface area contributed by atoms with E-state index in [1.807, 2.05) is 55.4 Å². The third-order valence-corrected chi connectivity index (χ3v) is 3.96. The minimum atomic E-state index is -3.92. The fourth-order valence-corrected chi connectivity index (χ4v) is 2.60. The van der Waals surface area contributed by atoms with Crippen LogP contribution >= 0.6 is 0 Å². The molecule has 158 valence electrons. The molecule has 9 heteroatoms. The van der Waals surface area contributed by atoms with Crippen LogP contribution in [0.2, 0.25) is 0 Å². The van der Waals surface area contributed by atoms with Crippen molar-refractivity contribution in [3.05, 3.63) is 71.8 Å². The zero-order valence-electron chi connectivity index (χ0n) is 16.7. The Bertz CT molecular complexity index is 1180. The Balaban J connectivity index is 0.000000575. The zero-order chi connectivity index (χ0) is 22.5. The molecule has 0 bridgehead atoms. The van der Waals surface area contributed by atoms with Crippen LogP contribution in [0, 0.1) is 5.41 Å². The summed E-state index contributed by atoms with van der Waals surface area (Å²) in [6.45, 7) is 0. The maximum Gasteiger partial charge on any atom is 0.344 e. The molecule has 0 aliphatic carbocycles. The summed E-state index contributed by atoms with van der Waals surface area (Å²) in [5.41, 5.74) is 7.13. The predicted octanol–water partition coefficient (Wildman–Crippen LogP) is 2.57. The average molecular weight is 428 g/mol. The molecule has 3 rings (SSSR count). The van der Waals surface area contributed by atoms with Crippen molar-refractivity contribution >= 4 is 38.4 Å². The van der Waals surface area contributed by atoms with Gasteiger partial charge in [-0.05, 0) is 41.1 Å². The number of anilines is 1. The van der Waals surface area contributed by atoms with Gasteiger partial charge in [-0.3, -0.25) is 5.41 Å². The number of nitrogens with one attached hydrogen (secondary N) is 1. The summed E-state index contributed by atoms with van der Waals surface area (Å²) in [4.78, 5) is 14.4. The first kappa shape index (κ1) is 22.9. The van der Waals surface area contributed by atoms with Crippen molar-refractivity contribution in [2.24, 2.45) is 5.73 Å². The molecule has 0 saturated heterocycles. The van der Waals surface area contributed by atoms with Crippen molar-refractivity contribution in [2.45, 2.75) is 0 Å². The number of benzene rings is 3. The minimum Gasteiger partial charge on any atom is -0.748 e. The molecule has 0 heterocycles. The number of rotatable bonds is 4. The van der Waals surface area contributed by atoms with Crippen LogP contribution in [-0.2, 0) is 10.1 Å². The van der Waals surface area contributed by atoms with Crippen molar-refractivity contribution in [1.82, 2.24) is 0 Å². The summed E-state index contributed by atoms with van der Waals surface area (Å²) in [6.07, 6.45) is 0.604. The maximum atomic E-state index is 12.6. The molecule has 0 saturated carbocycles. The molecule has 0 amide bonds. The molecule has 0 radical (unpaired) electrons. The molecule has 0 unspecified atom stereocenters. The third kappa shape index (κ3) is 6.57. The van der Waals surface area contributed by atoms with Crippen LogP contribution in [0.4, 0.5) is 5.69 Å². The first-order valence-electron chi connectivity index (χ1n) is 8.73. The number of ether oxygens (including phenoxy) is 1. The van der Waals surface area contributed by atoms with Crippen molar-refractivity contribution in [3.8, 4) is 5.75 Å². The zero-order valence-corrected chi connectivity index (χ0v) is 17.6. The first-order chi connectivity index (χ1) is 14.0. The van der Waals surface area contributed by atoms with Crippen LogP contribution in [0.25, 0.3) is 10.8 Å². The van der Waals surface area contributed by atoms with Gasteiger partial charge in [0.15, 0.2) is 0 Å². The standard InChI is InChI=1S/C20H19N3O2.CH4O3S/c1-23(2)15-8-10-17(18(12-15)19(21)22)20(24)25-16-9-7-13-5-3-4-6-14(13)11-16;1-5(2,3)4/h3-12H,1-2H3,(H3,21,22);1H3,(H,2,3,4)/p-1. The summed E-state index contributed by atoms with van der Waals surface area (Å²) in [5, 5.41) is 9.81. The van der Waals surface area contributed by atoms with Gasteiger partial charge in [0.2, 0.25) is 0 Å². The Labute approximate surface area is 175 Å². The van der Waals surface area contributed by atoms with Crippen molar-refractivity contribution in [1.29, 1.82) is 5.41 Å². The van der Waals surface area contributed by atoms with Gasteiger partial charge in [0.05, 0.1) is 15.7 Å². The first-order valence-corrected chi connectivity index (χ1v) is 10.5. The summed E-state index contributed by atoms with van der Waals surface area (Å²) in [6, 6.07) is 18.4. The number of nitrogens with two attached hydrogens (primary N) is 1. The molecule has 3 N–H and O–H groups in total. The molecule has 0 atom stereocenters. The lowest BCUT2D eigenvalue weighted by Gasteiger charge is -2.15. The van der Waals surface area contributed by atoms with E-state index in [2.05, 4.69) is 0 Å². The number of carbonyl (C=O) groups is 1.